The monoisotopic (exact) mass is 408 g/mol. The SMILES string of the molecule is Cc1cc(C)c(NC(=O)CN(c2ccccc2)S(=O)(=O)c2ccccc2)c(C)c1. The van der Waals surface area contributed by atoms with Gasteiger partial charge in [0.25, 0.3) is 10.0 Å². The van der Waals surface area contributed by atoms with Crippen molar-refractivity contribution in [1.82, 2.24) is 0 Å². The maximum Gasteiger partial charge on any atom is 0.264 e. The Bertz CT molecular complexity index is 1090. The minimum absolute atomic E-state index is 0.138. The first-order valence-electron chi connectivity index (χ1n) is 9.29. The molecule has 0 aliphatic carbocycles. The summed E-state index contributed by atoms with van der Waals surface area (Å²) < 4.78 is 27.6. The van der Waals surface area contributed by atoms with Crippen LogP contribution in [0.1, 0.15) is 16.7 Å². The van der Waals surface area contributed by atoms with Crippen molar-refractivity contribution in [2.45, 2.75) is 25.7 Å². The van der Waals surface area contributed by atoms with Gasteiger partial charge in [0.1, 0.15) is 6.54 Å². The molecule has 0 radical (unpaired) electrons. The second kappa shape index (κ2) is 8.49. The molecule has 150 valence electrons. The Hall–Kier alpha value is -3.12. The molecule has 3 aromatic carbocycles. The zero-order valence-electron chi connectivity index (χ0n) is 16.7. The van der Waals surface area contributed by atoms with Crippen LogP contribution in [-0.4, -0.2) is 20.9 Å². The van der Waals surface area contributed by atoms with Crippen LogP contribution in [0.2, 0.25) is 0 Å². The van der Waals surface area contributed by atoms with Crippen molar-refractivity contribution >= 4 is 27.3 Å². The molecule has 6 heteroatoms. The first-order chi connectivity index (χ1) is 13.8. The van der Waals surface area contributed by atoms with E-state index < -0.39 is 15.9 Å². The number of anilines is 2. The van der Waals surface area contributed by atoms with Gasteiger partial charge in [0.2, 0.25) is 5.91 Å². The molecular weight excluding hydrogens is 384 g/mol. The van der Waals surface area contributed by atoms with Crippen LogP contribution < -0.4 is 9.62 Å². The van der Waals surface area contributed by atoms with E-state index in [4.69, 9.17) is 0 Å². The maximum atomic E-state index is 13.2. The van der Waals surface area contributed by atoms with Crippen molar-refractivity contribution in [3.8, 4) is 0 Å². The number of hydrogen-bond acceptors (Lipinski definition) is 3. The summed E-state index contributed by atoms with van der Waals surface area (Å²) in [6, 6.07) is 20.7. The molecule has 29 heavy (non-hydrogen) atoms. The fourth-order valence-corrected chi connectivity index (χ4v) is 4.76. The standard InChI is InChI=1S/C23H24N2O3S/c1-17-14-18(2)23(19(3)15-17)24-22(26)16-25(20-10-6-4-7-11-20)29(27,28)21-12-8-5-9-13-21/h4-15H,16H2,1-3H3,(H,24,26). The lowest BCUT2D eigenvalue weighted by Gasteiger charge is -2.24. The van der Waals surface area contributed by atoms with E-state index in [2.05, 4.69) is 5.32 Å². The molecule has 0 heterocycles. The van der Waals surface area contributed by atoms with Crippen LogP contribution in [-0.2, 0) is 14.8 Å². The van der Waals surface area contributed by atoms with E-state index in [1.54, 1.807) is 48.5 Å². The van der Waals surface area contributed by atoms with Crippen LogP contribution in [0.5, 0.6) is 0 Å². The molecule has 0 saturated heterocycles. The molecule has 0 aliphatic rings. The number of para-hydroxylation sites is 1. The van der Waals surface area contributed by atoms with Gasteiger partial charge in [-0.15, -0.1) is 0 Å². The summed E-state index contributed by atoms with van der Waals surface area (Å²) in [6.45, 7) is 5.51. The van der Waals surface area contributed by atoms with E-state index >= 15 is 0 Å². The zero-order chi connectivity index (χ0) is 21.0. The van der Waals surface area contributed by atoms with Gasteiger partial charge in [-0.1, -0.05) is 54.1 Å². The average Bonchev–Trinajstić information content (AvgIpc) is 2.70. The van der Waals surface area contributed by atoms with Gasteiger partial charge in [-0.25, -0.2) is 8.42 Å². The Morgan fingerprint density at radius 3 is 1.93 bits per heavy atom. The maximum absolute atomic E-state index is 13.2. The first kappa shape index (κ1) is 20.6. The number of carbonyl (C=O) groups excluding carboxylic acids is 1. The second-order valence-electron chi connectivity index (χ2n) is 6.98. The highest BCUT2D eigenvalue weighted by Gasteiger charge is 2.27. The topological polar surface area (TPSA) is 66.5 Å². The highest BCUT2D eigenvalue weighted by molar-refractivity contribution is 7.92. The number of nitrogens with zero attached hydrogens (tertiary/aromatic N) is 1. The molecule has 0 fully saturated rings. The van der Waals surface area contributed by atoms with E-state index in [0.717, 1.165) is 21.0 Å². The van der Waals surface area contributed by atoms with Crippen LogP contribution >= 0.6 is 0 Å². The quantitative estimate of drug-likeness (QED) is 0.655. The van der Waals surface area contributed by atoms with Crippen molar-refractivity contribution in [2.24, 2.45) is 0 Å². The minimum Gasteiger partial charge on any atom is -0.324 e. The van der Waals surface area contributed by atoms with Gasteiger partial charge in [0.05, 0.1) is 10.6 Å². The fourth-order valence-electron chi connectivity index (χ4n) is 3.32. The molecule has 0 aliphatic heterocycles. The predicted molar refractivity (Wildman–Crippen MR) is 117 cm³/mol. The summed E-state index contributed by atoms with van der Waals surface area (Å²) in [5.74, 6) is -0.400. The number of amides is 1. The van der Waals surface area contributed by atoms with Gasteiger partial charge < -0.3 is 5.32 Å². The highest BCUT2D eigenvalue weighted by atomic mass is 32.2. The summed E-state index contributed by atoms with van der Waals surface area (Å²) in [4.78, 5) is 13.0. The number of nitrogens with one attached hydrogen (secondary N) is 1. The van der Waals surface area contributed by atoms with Gasteiger partial charge in [0, 0.05) is 5.69 Å². The predicted octanol–water partition coefficient (Wildman–Crippen LogP) is 4.45. The van der Waals surface area contributed by atoms with E-state index in [1.165, 1.54) is 12.1 Å². The smallest absolute Gasteiger partial charge is 0.264 e. The van der Waals surface area contributed by atoms with E-state index in [1.807, 2.05) is 32.9 Å². The van der Waals surface area contributed by atoms with Gasteiger partial charge in [0.15, 0.2) is 0 Å². The third kappa shape index (κ3) is 4.66. The number of hydrogen-bond donors (Lipinski definition) is 1. The minimum atomic E-state index is -3.90. The summed E-state index contributed by atoms with van der Waals surface area (Å²) in [6.07, 6.45) is 0. The Labute approximate surface area is 172 Å². The van der Waals surface area contributed by atoms with Crippen LogP contribution in [0, 0.1) is 20.8 Å². The second-order valence-corrected chi connectivity index (χ2v) is 8.84. The molecule has 0 unspecified atom stereocenters. The van der Waals surface area contributed by atoms with Crippen molar-refractivity contribution in [3.05, 3.63) is 89.5 Å². The summed E-state index contributed by atoms with van der Waals surface area (Å²) in [5, 5.41) is 2.88. The molecular formula is C23H24N2O3S. The Morgan fingerprint density at radius 1 is 0.862 bits per heavy atom. The van der Waals surface area contributed by atoms with Crippen LogP contribution in [0.25, 0.3) is 0 Å². The third-order valence-electron chi connectivity index (χ3n) is 4.60. The number of rotatable bonds is 6. The molecule has 1 amide bonds. The van der Waals surface area contributed by atoms with Gasteiger partial charge in [-0.05, 0) is 56.2 Å². The van der Waals surface area contributed by atoms with Crippen LogP contribution in [0.3, 0.4) is 0 Å². The normalized spacial score (nSPS) is 11.1. The first-order valence-corrected chi connectivity index (χ1v) is 10.7. The Balaban J connectivity index is 1.94. The number of sulfonamides is 1. The highest BCUT2D eigenvalue weighted by Crippen LogP contribution is 2.25. The molecule has 0 spiro atoms. The molecule has 3 rings (SSSR count). The zero-order valence-corrected chi connectivity index (χ0v) is 17.5. The van der Waals surface area contributed by atoms with Gasteiger partial charge >= 0.3 is 0 Å². The average molecular weight is 409 g/mol. The van der Waals surface area contributed by atoms with Crippen molar-refractivity contribution in [1.29, 1.82) is 0 Å². The third-order valence-corrected chi connectivity index (χ3v) is 6.39. The number of carbonyl (C=O) groups is 1. The molecule has 0 saturated carbocycles. The largest absolute Gasteiger partial charge is 0.324 e. The molecule has 0 atom stereocenters. The van der Waals surface area contributed by atoms with Gasteiger partial charge in [-0.2, -0.15) is 0 Å². The van der Waals surface area contributed by atoms with Crippen LogP contribution in [0.15, 0.2) is 77.7 Å². The molecule has 0 bridgehead atoms. The van der Waals surface area contributed by atoms with Crippen LogP contribution in [0.4, 0.5) is 11.4 Å². The van der Waals surface area contributed by atoms with E-state index in [9.17, 15) is 13.2 Å². The lowest BCUT2D eigenvalue weighted by Crippen LogP contribution is -2.38. The van der Waals surface area contributed by atoms with E-state index in [0.29, 0.717) is 11.4 Å². The molecule has 1 N–H and O–H groups in total. The number of aryl methyl sites for hydroxylation is 3. The number of benzene rings is 3. The Morgan fingerprint density at radius 2 is 1.38 bits per heavy atom. The van der Waals surface area contributed by atoms with Crippen molar-refractivity contribution in [3.63, 3.8) is 0 Å². The fraction of sp³-hybridized carbons (Fsp3) is 0.174. The lowest BCUT2D eigenvalue weighted by atomic mass is 10.1. The summed E-state index contributed by atoms with van der Waals surface area (Å²) >= 11 is 0. The van der Waals surface area contributed by atoms with Crippen molar-refractivity contribution in [2.75, 3.05) is 16.2 Å². The van der Waals surface area contributed by atoms with Crippen molar-refractivity contribution < 1.29 is 13.2 Å². The molecule has 5 nitrogen and oxygen atoms in total. The summed E-state index contributed by atoms with van der Waals surface area (Å²) in [5.41, 5.74) is 4.13. The van der Waals surface area contributed by atoms with E-state index in [-0.39, 0.29) is 11.4 Å². The van der Waals surface area contributed by atoms with Gasteiger partial charge in [-0.3, -0.25) is 9.10 Å². The molecule has 3 aromatic rings. The molecule has 0 aromatic heterocycles. The lowest BCUT2D eigenvalue weighted by molar-refractivity contribution is -0.114. The Kier molecular flexibility index (Phi) is 6.03. The summed E-state index contributed by atoms with van der Waals surface area (Å²) in [7, 11) is -3.90.